The highest BCUT2D eigenvalue weighted by Crippen LogP contribution is 2.28. The van der Waals surface area contributed by atoms with Crippen molar-refractivity contribution < 1.29 is 0 Å². The van der Waals surface area contributed by atoms with E-state index in [1.807, 2.05) is 12.1 Å². The van der Waals surface area contributed by atoms with E-state index in [-0.39, 0.29) is 0 Å². The molecule has 1 rings (SSSR count). The number of hydrogen-bond acceptors (Lipinski definition) is 1. The van der Waals surface area contributed by atoms with E-state index in [0.717, 1.165) is 23.3 Å². The molecule has 1 nitrogen and oxygen atoms in total. The van der Waals surface area contributed by atoms with Crippen molar-refractivity contribution in [1.82, 2.24) is 0 Å². The highest BCUT2D eigenvalue weighted by atomic mass is 79.9. The zero-order valence-corrected chi connectivity index (χ0v) is 12.5. The summed E-state index contributed by atoms with van der Waals surface area (Å²) in [6.07, 6.45) is 1.15. The van der Waals surface area contributed by atoms with Crippen molar-refractivity contribution in [2.45, 2.75) is 38.6 Å². The summed E-state index contributed by atoms with van der Waals surface area (Å²) < 4.78 is 0. The lowest BCUT2D eigenvalue weighted by Gasteiger charge is -2.31. The van der Waals surface area contributed by atoms with Crippen molar-refractivity contribution in [3.63, 3.8) is 0 Å². The summed E-state index contributed by atoms with van der Waals surface area (Å²) in [5.41, 5.74) is 2.55. The van der Waals surface area contributed by atoms with Gasteiger partial charge in [0, 0.05) is 28.6 Å². The molecule has 90 valence electrons. The minimum Gasteiger partial charge on any atom is -0.369 e. The maximum atomic E-state index is 6.02. The van der Waals surface area contributed by atoms with Gasteiger partial charge < -0.3 is 4.90 Å². The van der Waals surface area contributed by atoms with Crippen LogP contribution in [0.5, 0.6) is 0 Å². The molecule has 0 aliphatic carbocycles. The standard InChI is InChI=1S/C13H19BrClN/c1-4-10(3)16(5-2)13-7-6-12(15)8-11(13)9-14/h6-8,10H,4-5,9H2,1-3H3. The summed E-state index contributed by atoms with van der Waals surface area (Å²) in [6, 6.07) is 6.68. The molecule has 0 fully saturated rings. The normalized spacial score (nSPS) is 12.6. The van der Waals surface area contributed by atoms with Crippen LogP contribution >= 0.6 is 27.5 Å². The minimum absolute atomic E-state index is 0.559. The lowest BCUT2D eigenvalue weighted by molar-refractivity contribution is 0.628. The number of benzene rings is 1. The first kappa shape index (κ1) is 13.9. The Morgan fingerprint density at radius 1 is 1.38 bits per heavy atom. The van der Waals surface area contributed by atoms with Crippen LogP contribution < -0.4 is 4.90 Å². The molecule has 1 aromatic rings. The van der Waals surface area contributed by atoms with Crippen LogP contribution in [-0.2, 0) is 5.33 Å². The molecule has 0 N–H and O–H groups in total. The topological polar surface area (TPSA) is 3.24 Å². The van der Waals surface area contributed by atoms with Crippen LogP contribution in [0.1, 0.15) is 32.8 Å². The molecule has 0 heterocycles. The summed E-state index contributed by atoms with van der Waals surface area (Å²) in [6.45, 7) is 7.70. The van der Waals surface area contributed by atoms with Gasteiger partial charge in [-0.05, 0) is 44.0 Å². The third-order valence-corrected chi connectivity index (χ3v) is 3.80. The summed E-state index contributed by atoms with van der Waals surface area (Å²) in [5.74, 6) is 0. The molecule has 0 saturated heterocycles. The van der Waals surface area contributed by atoms with Crippen molar-refractivity contribution in [3.05, 3.63) is 28.8 Å². The van der Waals surface area contributed by atoms with Gasteiger partial charge in [-0.25, -0.2) is 0 Å². The fourth-order valence-corrected chi connectivity index (χ4v) is 2.52. The number of rotatable bonds is 5. The number of halogens is 2. The third-order valence-electron chi connectivity index (χ3n) is 2.96. The molecule has 16 heavy (non-hydrogen) atoms. The van der Waals surface area contributed by atoms with Crippen molar-refractivity contribution >= 4 is 33.2 Å². The van der Waals surface area contributed by atoms with Crippen LogP contribution in [0.2, 0.25) is 5.02 Å². The average molecular weight is 305 g/mol. The highest BCUT2D eigenvalue weighted by Gasteiger charge is 2.14. The predicted octanol–water partition coefficient (Wildman–Crippen LogP) is 4.86. The quantitative estimate of drug-likeness (QED) is 0.702. The average Bonchev–Trinajstić information content (AvgIpc) is 2.31. The Kier molecular flexibility index (Phi) is 5.63. The molecular weight excluding hydrogens is 286 g/mol. The van der Waals surface area contributed by atoms with Crippen LogP contribution in [-0.4, -0.2) is 12.6 Å². The second-order valence-corrected chi connectivity index (χ2v) is 4.95. The van der Waals surface area contributed by atoms with Gasteiger partial charge in [-0.1, -0.05) is 34.5 Å². The first-order valence-electron chi connectivity index (χ1n) is 5.75. The Balaban J connectivity index is 3.08. The molecular formula is C13H19BrClN. The van der Waals surface area contributed by atoms with Gasteiger partial charge in [-0.3, -0.25) is 0 Å². The van der Waals surface area contributed by atoms with Gasteiger partial charge in [0.1, 0.15) is 0 Å². The monoisotopic (exact) mass is 303 g/mol. The van der Waals surface area contributed by atoms with Crippen molar-refractivity contribution in [2.24, 2.45) is 0 Å². The summed E-state index contributed by atoms with van der Waals surface area (Å²) >= 11 is 9.54. The fourth-order valence-electron chi connectivity index (χ4n) is 1.88. The minimum atomic E-state index is 0.559. The maximum Gasteiger partial charge on any atom is 0.0410 e. The first-order valence-corrected chi connectivity index (χ1v) is 7.25. The van der Waals surface area contributed by atoms with E-state index < -0.39 is 0 Å². The molecule has 0 bridgehead atoms. The summed E-state index contributed by atoms with van der Waals surface area (Å²) in [4.78, 5) is 2.42. The van der Waals surface area contributed by atoms with Gasteiger partial charge in [0.05, 0.1) is 0 Å². The molecule has 1 unspecified atom stereocenters. The van der Waals surface area contributed by atoms with Gasteiger partial charge in [0.25, 0.3) is 0 Å². The van der Waals surface area contributed by atoms with Gasteiger partial charge >= 0.3 is 0 Å². The largest absolute Gasteiger partial charge is 0.369 e. The smallest absolute Gasteiger partial charge is 0.0410 e. The predicted molar refractivity (Wildman–Crippen MR) is 76.9 cm³/mol. The van der Waals surface area contributed by atoms with Gasteiger partial charge in [0.2, 0.25) is 0 Å². The SMILES string of the molecule is CCC(C)N(CC)c1ccc(Cl)cc1CBr. The van der Waals surface area contributed by atoms with Crippen LogP contribution in [0.15, 0.2) is 18.2 Å². The van der Waals surface area contributed by atoms with E-state index in [4.69, 9.17) is 11.6 Å². The van der Waals surface area contributed by atoms with Crippen molar-refractivity contribution in [2.75, 3.05) is 11.4 Å². The lowest BCUT2D eigenvalue weighted by atomic mass is 10.1. The molecule has 1 atom stereocenters. The van der Waals surface area contributed by atoms with Crippen LogP contribution in [0.3, 0.4) is 0 Å². The van der Waals surface area contributed by atoms with E-state index in [2.05, 4.69) is 47.7 Å². The molecule has 0 aliphatic heterocycles. The van der Waals surface area contributed by atoms with Gasteiger partial charge in [-0.15, -0.1) is 0 Å². The van der Waals surface area contributed by atoms with E-state index in [9.17, 15) is 0 Å². The zero-order chi connectivity index (χ0) is 12.1. The summed E-state index contributed by atoms with van der Waals surface area (Å²) in [7, 11) is 0. The molecule has 3 heteroatoms. The Morgan fingerprint density at radius 3 is 2.56 bits per heavy atom. The van der Waals surface area contributed by atoms with Crippen molar-refractivity contribution in [3.8, 4) is 0 Å². The van der Waals surface area contributed by atoms with Gasteiger partial charge in [-0.2, -0.15) is 0 Å². The maximum absolute atomic E-state index is 6.02. The van der Waals surface area contributed by atoms with E-state index in [1.165, 1.54) is 11.3 Å². The Bertz CT molecular complexity index is 341. The van der Waals surface area contributed by atoms with E-state index in [1.54, 1.807) is 0 Å². The lowest BCUT2D eigenvalue weighted by Crippen LogP contribution is -2.32. The highest BCUT2D eigenvalue weighted by molar-refractivity contribution is 9.08. The molecule has 0 aromatic heterocycles. The molecule has 0 amide bonds. The van der Waals surface area contributed by atoms with Gasteiger partial charge in [0.15, 0.2) is 0 Å². The second kappa shape index (κ2) is 6.51. The number of nitrogens with zero attached hydrogens (tertiary/aromatic N) is 1. The first-order chi connectivity index (χ1) is 7.63. The van der Waals surface area contributed by atoms with Crippen LogP contribution in [0.25, 0.3) is 0 Å². The molecule has 0 radical (unpaired) electrons. The van der Waals surface area contributed by atoms with E-state index >= 15 is 0 Å². The number of alkyl halides is 1. The molecule has 1 aromatic carbocycles. The second-order valence-electron chi connectivity index (χ2n) is 3.95. The Labute approximate surface area is 112 Å². The third kappa shape index (κ3) is 3.14. The van der Waals surface area contributed by atoms with Crippen molar-refractivity contribution in [1.29, 1.82) is 0 Å². The number of anilines is 1. The number of hydrogen-bond donors (Lipinski definition) is 0. The Hall–Kier alpha value is -0.210. The molecule has 0 saturated carbocycles. The van der Waals surface area contributed by atoms with E-state index in [0.29, 0.717) is 6.04 Å². The molecule has 0 spiro atoms. The zero-order valence-electron chi connectivity index (χ0n) is 10.1. The summed E-state index contributed by atoms with van der Waals surface area (Å²) in [5, 5.41) is 1.65. The molecule has 0 aliphatic rings. The fraction of sp³-hybridized carbons (Fsp3) is 0.538. The van der Waals surface area contributed by atoms with Crippen LogP contribution in [0.4, 0.5) is 5.69 Å². The Morgan fingerprint density at radius 2 is 2.06 bits per heavy atom. The van der Waals surface area contributed by atoms with Crippen LogP contribution in [0, 0.1) is 0 Å².